The average Bonchev–Trinajstić information content (AvgIpc) is 2.80. The lowest BCUT2D eigenvalue weighted by atomic mass is 10.0. The van der Waals surface area contributed by atoms with Crippen molar-refractivity contribution < 1.29 is 14.4 Å². The molecule has 35 heavy (non-hydrogen) atoms. The SMILES string of the molecule is CCCCCCCCCCCCCCCC(=O)N[C@@H](CC(C)C)C(=O)N[C@@H](CCCCN)C(N)=O. The lowest BCUT2D eigenvalue weighted by molar-refractivity contribution is -0.131. The van der Waals surface area contributed by atoms with Crippen LogP contribution in [0.1, 0.15) is 136 Å². The van der Waals surface area contributed by atoms with Crippen molar-refractivity contribution in [3.63, 3.8) is 0 Å². The molecule has 0 aromatic rings. The lowest BCUT2D eigenvalue weighted by Gasteiger charge is -2.23. The molecule has 7 heteroatoms. The van der Waals surface area contributed by atoms with Gasteiger partial charge in [-0.05, 0) is 44.6 Å². The Hall–Kier alpha value is -1.63. The Bertz CT molecular complexity index is 554. The zero-order valence-electron chi connectivity index (χ0n) is 23.0. The number of nitrogens with two attached hydrogens (primary N) is 2. The summed E-state index contributed by atoms with van der Waals surface area (Å²) >= 11 is 0. The van der Waals surface area contributed by atoms with E-state index >= 15 is 0 Å². The molecule has 0 aliphatic carbocycles. The molecule has 0 aliphatic heterocycles. The van der Waals surface area contributed by atoms with Gasteiger partial charge >= 0.3 is 0 Å². The van der Waals surface area contributed by atoms with Crippen LogP contribution in [-0.2, 0) is 14.4 Å². The average molecular weight is 497 g/mol. The molecule has 0 aromatic heterocycles. The minimum atomic E-state index is -0.735. The monoisotopic (exact) mass is 496 g/mol. The molecule has 0 rings (SSSR count). The quantitative estimate of drug-likeness (QED) is 0.139. The van der Waals surface area contributed by atoms with E-state index in [1.54, 1.807) is 0 Å². The lowest BCUT2D eigenvalue weighted by Crippen LogP contribution is -2.53. The van der Waals surface area contributed by atoms with Crippen LogP contribution in [0.4, 0.5) is 0 Å². The summed E-state index contributed by atoms with van der Waals surface area (Å²) in [5.74, 6) is -0.773. The predicted octanol–water partition coefficient (Wildman–Crippen LogP) is 5.10. The van der Waals surface area contributed by atoms with Gasteiger partial charge in [-0.25, -0.2) is 0 Å². The number of nitrogens with one attached hydrogen (secondary N) is 2. The standard InChI is InChI=1S/C28H56N4O3/c1-4-5-6-7-8-9-10-11-12-13-14-15-16-20-26(33)31-25(22-23(2)3)28(35)32-24(27(30)34)19-17-18-21-29/h23-25H,4-22,29H2,1-3H3,(H2,30,34)(H,31,33)(H,32,35)/t24-,25-/m0/s1. The van der Waals surface area contributed by atoms with Gasteiger partial charge in [0.25, 0.3) is 0 Å². The Morgan fingerprint density at radius 2 is 1.20 bits per heavy atom. The molecule has 0 aromatic carbocycles. The van der Waals surface area contributed by atoms with Gasteiger partial charge in [-0.3, -0.25) is 14.4 Å². The van der Waals surface area contributed by atoms with Gasteiger partial charge in [0.15, 0.2) is 0 Å². The van der Waals surface area contributed by atoms with E-state index in [1.165, 1.54) is 64.2 Å². The summed E-state index contributed by atoms with van der Waals surface area (Å²) in [7, 11) is 0. The Balaban J connectivity index is 4.14. The van der Waals surface area contributed by atoms with Crippen molar-refractivity contribution in [3.05, 3.63) is 0 Å². The summed E-state index contributed by atoms with van der Waals surface area (Å²) in [6, 6.07) is -1.39. The Kier molecular flexibility index (Phi) is 21.7. The number of carbonyl (C=O) groups excluding carboxylic acids is 3. The smallest absolute Gasteiger partial charge is 0.243 e. The van der Waals surface area contributed by atoms with Crippen molar-refractivity contribution in [2.75, 3.05) is 6.54 Å². The summed E-state index contributed by atoms with van der Waals surface area (Å²) in [6.07, 6.45) is 19.3. The van der Waals surface area contributed by atoms with Crippen molar-refractivity contribution >= 4 is 17.7 Å². The molecule has 3 amide bonds. The maximum absolute atomic E-state index is 12.8. The third-order valence-electron chi connectivity index (χ3n) is 6.47. The molecule has 206 valence electrons. The number of amides is 3. The highest BCUT2D eigenvalue weighted by Crippen LogP contribution is 2.13. The summed E-state index contributed by atoms with van der Waals surface area (Å²) in [6.45, 7) is 6.80. The highest BCUT2D eigenvalue weighted by Gasteiger charge is 2.26. The first-order valence-corrected chi connectivity index (χ1v) is 14.4. The van der Waals surface area contributed by atoms with Crippen LogP contribution in [0.3, 0.4) is 0 Å². The minimum Gasteiger partial charge on any atom is -0.368 e. The summed E-state index contributed by atoms with van der Waals surface area (Å²) in [5.41, 5.74) is 11.0. The van der Waals surface area contributed by atoms with E-state index < -0.39 is 18.0 Å². The molecule has 0 spiro atoms. The summed E-state index contributed by atoms with van der Waals surface area (Å²) in [4.78, 5) is 37.0. The topological polar surface area (TPSA) is 127 Å². The second-order valence-electron chi connectivity index (χ2n) is 10.5. The van der Waals surface area contributed by atoms with Crippen LogP contribution < -0.4 is 22.1 Å². The van der Waals surface area contributed by atoms with Crippen LogP contribution in [0, 0.1) is 5.92 Å². The van der Waals surface area contributed by atoms with Gasteiger partial charge in [-0.2, -0.15) is 0 Å². The molecule has 0 unspecified atom stereocenters. The summed E-state index contributed by atoms with van der Waals surface area (Å²) < 4.78 is 0. The van der Waals surface area contributed by atoms with Gasteiger partial charge in [-0.15, -0.1) is 0 Å². The van der Waals surface area contributed by atoms with Crippen LogP contribution in [-0.4, -0.2) is 36.3 Å². The van der Waals surface area contributed by atoms with Crippen LogP contribution in [0.5, 0.6) is 0 Å². The Labute approximate surface area is 215 Å². The van der Waals surface area contributed by atoms with Crippen LogP contribution in [0.2, 0.25) is 0 Å². The molecule has 0 radical (unpaired) electrons. The van der Waals surface area contributed by atoms with Gasteiger partial charge in [-0.1, -0.05) is 97.8 Å². The molecular weight excluding hydrogens is 440 g/mol. The number of unbranched alkanes of at least 4 members (excludes halogenated alkanes) is 13. The van der Waals surface area contributed by atoms with E-state index in [0.29, 0.717) is 32.2 Å². The van der Waals surface area contributed by atoms with Gasteiger partial charge in [0.2, 0.25) is 17.7 Å². The fourth-order valence-electron chi connectivity index (χ4n) is 4.32. The van der Waals surface area contributed by atoms with Gasteiger partial charge in [0, 0.05) is 6.42 Å². The number of hydrogen-bond donors (Lipinski definition) is 4. The molecule has 0 saturated carbocycles. The van der Waals surface area contributed by atoms with Crippen LogP contribution in [0.15, 0.2) is 0 Å². The molecule has 0 heterocycles. The van der Waals surface area contributed by atoms with Crippen molar-refractivity contribution in [2.24, 2.45) is 17.4 Å². The van der Waals surface area contributed by atoms with E-state index in [2.05, 4.69) is 17.6 Å². The van der Waals surface area contributed by atoms with Crippen molar-refractivity contribution in [3.8, 4) is 0 Å². The first-order chi connectivity index (χ1) is 16.8. The Morgan fingerprint density at radius 1 is 0.686 bits per heavy atom. The Morgan fingerprint density at radius 3 is 1.66 bits per heavy atom. The molecule has 0 aliphatic rings. The van der Waals surface area contributed by atoms with Crippen molar-refractivity contribution in [1.82, 2.24) is 10.6 Å². The first kappa shape index (κ1) is 33.4. The highest BCUT2D eigenvalue weighted by molar-refractivity contribution is 5.91. The van der Waals surface area contributed by atoms with E-state index in [9.17, 15) is 14.4 Å². The van der Waals surface area contributed by atoms with Gasteiger partial charge in [0.05, 0.1) is 0 Å². The number of rotatable bonds is 24. The minimum absolute atomic E-state index is 0.104. The number of hydrogen-bond acceptors (Lipinski definition) is 4. The zero-order chi connectivity index (χ0) is 26.3. The third-order valence-corrected chi connectivity index (χ3v) is 6.47. The molecule has 6 N–H and O–H groups in total. The zero-order valence-corrected chi connectivity index (χ0v) is 23.0. The van der Waals surface area contributed by atoms with Crippen LogP contribution in [0.25, 0.3) is 0 Å². The first-order valence-electron chi connectivity index (χ1n) is 14.4. The van der Waals surface area contributed by atoms with E-state index in [-0.39, 0.29) is 17.7 Å². The van der Waals surface area contributed by atoms with Crippen LogP contribution >= 0.6 is 0 Å². The number of carbonyl (C=O) groups is 3. The van der Waals surface area contributed by atoms with Crippen molar-refractivity contribution in [1.29, 1.82) is 0 Å². The molecule has 0 bridgehead atoms. The third kappa shape index (κ3) is 20.3. The van der Waals surface area contributed by atoms with Crippen molar-refractivity contribution in [2.45, 2.75) is 148 Å². The van der Waals surface area contributed by atoms with E-state index in [0.717, 1.165) is 25.7 Å². The summed E-state index contributed by atoms with van der Waals surface area (Å²) in [5, 5.41) is 5.61. The second kappa shape index (κ2) is 22.8. The molecule has 0 saturated heterocycles. The fraction of sp³-hybridized carbons (Fsp3) is 0.893. The fourth-order valence-corrected chi connectivity index (χ4v) is 4.32. The molecule has 2 atom stereocenters. The molecule has 7 nitrogen and oxygen atoms in total. The largest absolute Gasteiger partial charge is 0.368 e. The van der Waals surface area contributed by atoms with E-state index in [1.807, 2.05) is 13.8 Å². The molecule has 0 fully saturated rings. The predicted molar refractivity (Wildman–Crippen MR) is 146 cm³/mol. The second-order valence-corrected chi connectivity index (χ2v) is 10.5. The van der Waals surface area contributed by atoms with Gasteiger partial charge in [0.1, 0.15) is 12.1 Å². The van der Waals surface area contributed by atoms with Gasteiger partial charge < -0.3 is 22.1 Å². The maximum atomic E-state index is 12.8. The molecular formula is C28H56N4O3. The number of primary amides is 1. The highest BCUT2D eigenvalue weighted by atomic mass is 16.2. The normalized spacial score (nSPS) is 12.9. The van der Waals surface area contributed by atoms with E-state index in [4.69, 9.17) is 11.5 Å². The maximum Gasteiger partial charge on any atom is 0.243 e.